The van der Waals surface area contributed by atoms with Gasteiger partial charge < -0.3 is 14.2 Å². The van der Waals surface area contributed by atoms with Crippen LogP contribution in [0.4, 0.5) is 13.2 Å². The van der Waals surface area contributed by atoms with Crippen molar-refractivity contribution < 1.29 is 37.0 Å². The summed E-state index contributed by atoms with van der Waals surface area (Å²) in [6.45, 7) is 4.05. The van der Waals surface area contributed by atoms with Crippen LogP contribution in [0.15, 0.2) is 85.5 Å². The van der Waals surface area contributed by atoms with Crippen LogP contribution in [0.1, 0.15) is 39.9 Å². The molecule has 37 heavy (non-hydrogen) atoms. The lowest BCUT2D eigenvalue weighted by Gasteiger charge is -2.08. The lowest BCUT2D eigenvalue weighted by molar-refractivity contribution is -0.138. The Kier molecular flexibility index (Phi) is 9.50. The van der Waals surface area contributed by atoms with Gasteiger partial charge in [0.25, 0.3) is 0 Å². The minimum absolute atomic E-state index is 0.297. The quantitative estimate of drug-likeness (QED) is 0.113. The second-order valence-electron chi connectivity index (χ2n) is 7.69. The number of alkyl halides is 3. The molecule has 0 radical (unpaired) electrons. The number of halogens is 3. The molecule has 0 N–H and O–H groups in total. The molecule has 8 heteroatoms. The summed E-state index contributed by atoms with van der Waals surface area (Å²) in [6.07, 6.45) is -1.92. The summed E-state index contributed by atoms with van der Waals surface area (Å²) in [7, 11) is 0. The van der Waals surface area contributed by atoms with E-state index < -0.39 is 23.7 Å². The Morgan fingerprint density at radius 1 is 0.784 bits per heavy atom. The molecule has 0 aromatic heterocycles. The number of benzene rings is 3. The second-order valence-corrected chi connectivity index (χ2v) is 7.69. The van der Waals surface area contributed by atoms with Crippen molar-refractivity contribution in [3.63, 3.8) is 0 Å². The molecule has 0 bridgehead atoms. The first-order chi connectivity index (χ1) is 17.7. The number of ether oxygens (including phenoxy) is 3. The number of hydrogen-bond donors (Lipinski definition) is 0. The lowest BCUT2D eigenvalue weighted by atomic mass is 10.1. The fraction of sp³-hybridized carbons (Fsp3) is 0.172. The van der Waals surface area contributed by atoms with Crippen molar-refractivity contribution in [2.45, 2.75) is 19.0 Å². The van der Waals surface area contributed by atoms with Crippen LogP contribution in [-0.4, -0.2) is 25.2 Å². The van der Waals surface area contributed by atoms with Crippen LogP contribution >= 0.6 is 0 Å². The molecule has 0 heterocycles. The highest BCUT2D eigenvalue weighted by atomic mass is 19.4. The predicted octanol–water partition coefficient (Wildman–Crippen LogP) is 6.21. The summed E-state index contributed by atoms with van der Waals surface area (Å²) in [4.78, 5) is 23.4. The SMILES string of the molecule is C=CC(=O)OCCCCOc1ccc(C(=O)Oc2ccc(C#Cc3ccc(C(F)(F)F)cc3)cc2)cc1. The van der Waals surface area contributed by atoms with Crippen molar-refractivity contribution in [1.29, 1.82) is 0 Å². The van der Waals surface area contributed by atoms with Gasteiger partial charge in [-0.25, -0.2) is 9.59 Å². The maximum Gasteiger partial charge on any atom is 0.416 e. The van der Waals surface area contributed by atoms with E-state index in [2.05, 4.69) is 18.4 Å². The van der Waals surface area contributed by atoms with Gasteiger partial charge in [0.2, 0.25) is 0 Å². The van der Waals surface area contributed by atoms with E-state index in [0.717, 1.165) is 18.2 Å². The van der Waals surface area contributed by atoms with E-state index in [0.29, 0.717) is 54.2 Å². The van der Waals surface area contributed by atoms with Gasteiger partial charge in [-0.05, 0) is 85.6 Å². The average Bonchev–Trinajstić information content (AvgIpc) is 2.90. The minimum atomic E-state index is -4.39. The second kappa shape index (κ2) is 13.0. The van der Waals surface area contributed by atoms with Crippen LogP contribution in [0, 0.1) is 11.8 Å². The van der Waals surface area contributed by atoms with Gasteiger partial charge in [-0.2, -0.15) is 13.2 Å². The average molecular weight is 508 g/mol. The topological polar surface area (TPSA) is 61.8 Å². The molecule has 0 spiro atoms. The molecule has 5 nitrogen and oxygen atoms in total. The Hall–Kier alpha value is -4.51. The highest BCUT2D eigenvalue weighted by Gasteiger charge is 2.29. The third-order valence-corrected chi connectivity index (χ3v) is 4.94. The highest BCUT2D eigenvalue weighted by molar-refractivity contribution is 5.91. The van der Waals surface area contributed by atoms with Crippen LogP contribution in [-0.2, 0) is 15.7 Å². The van der Waals surface area contributed by atoms with Gasteiger partial charge >= 0.3 is 18.1 Å². The summed E-state index contributed by atoms with van der Waals surface area (Å²) in [5.74, 6) is 5.58. The normalized spacial score (nSPS) is 10.6. The van der Waals surface area contributed by atoms with Crippen LogP contribution < -0.4 is 9.47 Å². The highest BCUT2D eigenvalue weighted by Crippen LogP contribution is 2.29. The smallest absolute Gasteiger partial charge is 0.416 e. The van der Waals surface area contributed by atoms with Gasteiger partial charge in [0.1, 0.15) is 11.5 Å². The Morgan fingerprint density at radius 3 is 1.89 bits per heavy atom. The maximum absolute atomic E-state index is 12.6. The van der Waals surface area contributed by atoms with Gasteiger partial charge in [-0.1, -0.05) is 18.4 Å². The number of esters is 2. The first-order valence-corrected chi connectivity index (χ1v) is 11.3. The number of carbonyl (C=O) groups excluding carboxylic acids is 2. The summed E-state index contributed by atoms with van der Waals surface area (Å²) >= 11 is 0. The van der Waals surface area contributed by atoms with Crippen molar-refractivity contribution in [3.05, 3.63) is 108 Å². The Balaban J connectivity index is 1.46. The van der Waals surface area contributed by atoms with E-state index in [-0.39, 0.29) is 0 Å². The van der Waals surface area contributed by atoms with Crippen LogP contribution in [0.25, 0.3) is 0 Å². The van der Waals surface area contributed by atoms with Gasteiger partial charge in [-0.15, -0.1) is 0 Å². The lowest BCUT2D eigenvalue weighted by Crippen LogP contribution is -2.08. The van der Waals surface area contributed by atoms with Gasteiger partial charge in [0.05, 0.1) is 24.3 Å². The molecule has 0 atom stereocenters. The van der Waals surface area contributed by atoms with Crippen LogP contribution in [0.5, 0.6) is 11.5 Å². The van der Waals surface area contributed by atoms with Crippen molar-refractivity contribution in [2.24, 2.45) is 0 Å². The summed E-state index contributed by atoms with van der Waals surface area (Å²) < 4.78 is 53.8. The van der Waals surface area contributed by atoms with E-state index in [4.69, 9.17) is 14.2 Å². The molecule has 190 valence electrons. The zero-order valence-corrected chi connectivity index (χ0v) is 19.7. The summed E-state index contributed by atoms with van der Waals surface area (Å²) in [5, 5.41) is 0. The van der Waals surface area contributed by atoms with E-state index in [9.17, 15) is 22.8 Å². The predicted molar refractivity (Wildman–Crippen MR) is 131 cm³/mol. The zero-order chi connectivity index (χ0) is 26.7. The fourth-order valence-electron chi connectivity index (χ4n) is 2.97. The van der Waals surface area contributed by atoms with Crippen molar-refractivity contribution in [1.82, 2.24) is 0 Å². The number of hydrogen-bond acceptors (Lipinski definition) is 5. The minimum Gasteiger partial charge on any atom is -0.494 e. The Bertz CT molecular complexity index is 1270. The maximum atomic E-state index is 12.6. The Morgan fingerprint density at radius 2 is 1.32 bits per heavy atom. The first-order valence-electron chi connectivity index (χ1n) is 11.3. The third-order valence-electron chi connectivity index (χ3n) is 4.94. The molecular weight excluding hydrogens is 485 g/mol. The third kappa shape index (κ3) is 8.89. The van der Waals surface area contributed by atoms with Gasteiger partial charge in [0, 0.05) is 17.2 Å². The molecule has 3 rings (SSSR count). The van der Waals surface area contributed by atoms with Crippen molar-refractivity contribution in [2.75, 3.05) is 13.2 Å². The van der Waals surface area contributed by atoms with E-state index in [1.54, 1.807) is 48.5 Å². The van der Waals surface area contributed by atoms with E-state index in [1.165, 1.54) is 12.1 Å². The van der Waals surface area contributed by atoms with Gasteiger partial charge in [-0.3, -0.25) is 0 Å². The number of rotatable bonds is 9. The molecule has 0 aliphatic carbocycles. The summed E-state index contributed by atoms with van der Waals surface area (Å²) in [6, 6.07) is 17.6. The van der Waals surface area contributed by atoms with E-state index in [1.807, 2.05) is 0 Å². The number of unbranched alkanes of at least 4 members (excludes halogenated alkanes) is 1. The first kappa shape index (κ1) is 27.1. The molecule has 0 fully saturated rings. The van der Waals surface area contributed by atoms with Gasteiger partial charge in [0.15, 0.2) is 0 Å². The molecule has 0 aliphatic heterocycles. The van der Waals surface area contributed by atoms with Crippen LogP contribution in [0.2, 0.25) is 0 Å². The molecule has 3 aromatic rings. The molecule has 0 saturated heterocycles. The zero-order valence-electron chi connectivity index (χ0n) is 19.7. The molecule has 0 aliphatic rings. The molecule has 3 aromatic carbocycles. The Labute approximate surface area is 212 Å². The van der Waals surface area contributed by atoms with Crippen molar-refractivity contribution in [3.8, 4) is 23.3 Å². The monoisotopic (exact) mass is 508 g/mol. The molecule has 0 unspecified atom stereocenters. The van der Waals surface area contributed by atoms with Crippen molar-refractivity contribution >= 4 is 11.9 Å². The molecule has 0 amide bonds. The fourth-order valence-corrected chi connectivity index (χ4v) is 2.97. The standard InChI is InChI=1S/C29H23F3O5/c1-2-27(33)36-20-4-3-19-35-25-17-11-23(12-18-25)28(34)37-26-15-9-22(10-16-26)6-5-21-7-13-24(14-8-21)29(30,31)32/h2,7-18H,1,3-4,19-20H2. The van der Waals surface area contributed by atoms with E-state index >= 15 is 0 Å². The number of carbonyl (C=O) groups is 2. The van der Waals surface area contributed by atoms with Crippen LogP contribution in [0.3, 0.4) is 0 Å². The largest absolute Gasteiger partial charge is 0.494 e. The molecule has 0 saturated carbocycles. The molecular formula is C29H23F3O5. The summed E-state index contributed by atoms with van der Waals surface area (Å²) in [5.41, 5.74) is 0.673.